The maximum atomic E-state index is 12.5. The van der Waals surface area contributed by atoms with E-state index in [0.717, 1.165) is 19.5 Å². The second-order valence-electron chi connectivity index (χ2n) is 5.70. The highest BCUT2D eigenvalue weighted by Gasteiger charge is 2.20. The molecule has 0 atom stereocenters. The van der Waals surface area contributed by atoms with Crippen molar-refractivity contribution >= 4 is 28.3 Å². The Morgan fingerprint density at radius 1 is 1.26 bits per heavy atom. The van der Waals surface area contributed by atoms with Crippen molar-refractivity contribution in [3.63, 3.8) is 0 Å². The first-order valence-electron chi connectivity index (χ1n) is 7.52. The molecule has 0 radical (unpaired) electrons. The van der Waals surface area contributed by atoms with Gasteiger partial charge in [0.2, 0.25) is 10.0 Å². The number of rotatable bonds is 4. The minimum atomic E-state index is -3.59. The first-order chi connectivity index (χ1) is 10.4. The number of halogens is 1. The molecule has 0 aliphatic carbocycles. The molecule has 2 N–H and O–H groups in total. The lowest BCUT2D eigenvalue weighted by Crippen LogP contribution is -2.34. The number of benzene rings is 1. The van der Waals surface area contributed by atoms with Gasteiger partial charge in [0, 0.05) is 31.2 Å². The molecule has 1 saturated heterocycles. The maximum absolute atomic E-state index is 12.5. The van der Waals surface area contributed by atoms with Gasteiger partial charge < -0.3 is 10.2 Å². The summed E-state index contributed by atoms with van der Waals surface area (Å²) in [5.41, 5.74) is 0.411. The largest absolute Gasteiger partial charge is 0.337 e. The molecular formula is C15H24ClN3O3S. The Morgan fingerprint density at radius 2 is 2.00 bits per heavy atom. The number of sulfonamides is 1. The quantitative estimate of drug-likeness (QED) is 0.845. The molecule has 23 heavy (non-hydrogen) atoms. The Bertz CT molecular complexity index is 627. The van der Waals surface area contributed by atoms with Crippen molar-refractivity contribution in [3.8, 4) is 0 Å². The summed E-state index contributed by atoms with van der Waals surface area (Å²) in [6, 6.07) is 6.03. The second kappa shape index (κ2) is 8.63. The second-order valence-corrected chi connectivity index (χ2v) is 7.41. The molecule has 1 amide bonds. The van der Waals surface area contributed by atoms with E-state index in [-0.39, 0.29) is 29.3 Å². The van der Waals surface area contributed by atoms with E-state index >= 15 is 0 Å². The van der Waals surface area contributed by atoms with Crippen LogP contribution in [0.3, 0.4) is 0 Å². The number of hydrogen-bond acceptors (Lipinski definition) is 4. The predicted molar refractivity (Wildman–Crippen MR) is 92.5 cm³/mol. The molecular weight excluding hydrogens is 338 g/mol. The van der Waals surface area contributed by atoms with Crippen molar-refractivity contribution in [2.45, 2.75) is 31.2 Å². The topological polar surface area (TPSA) is 78.5 Å². The molecule has 0 bridgehead atoms. The molecule has 0 spiro atoms. The first kappa shape index (κ1) is 19.9. The van der Waals surface area contributed by atoms with Crippen molar-refractivity contribution in [1.82, 2.24) is 14.9 Å². The molecule has 2 rings (SSSR count). The van der Waals surface area contributed by atoms with E-state index in [1.807, 2.05) is 0 Å². The van der Waals surface area contributed by atoms with Crippen molar-refractivity contribution < 1.29 is 13.2 Å². The van der Waals surface area contributed by atoms with Gasteiger partial charge in [0.25, 0.3) is 5.91 Å². The van der Waals surface area contributed by atoms with Crippen LogP contribution in [0.25, 0.3) is 0 Å². The van der Waals surface area contributed by atoms with Crippen LogP contribution in [0, 0.1) is 0 Å². The molecule has 0 saturated carbocycles. The fourth-order valence-electron chi connectivity index (χ4n) is 2.41. The fraction of sp³-hybridized carbons (Fsp3) is 0.533. The molecule has 1 aliphatic heterocycles. The summed E-state index contributed by atoms with van der Waals surface area (Å²) in [4.78, 5) is 14.4. The third-order valence-electron chi connectivity index (χ3n) is 3.41. The van der Waals surface area contributed by atoms with Gasteiger partial charge in [-0.1, -0.05) is 6.07 Å². The average Bonchev–Trinajstić information content (AvgIpc) is 2.74. The summed E-state index contributed by atoms with van der Waals surface area (Å²) in [5, 5.41) is 3.24. The number of hydrogen-bond donors (Lipinski definition) is 2. The summed E-state index contributed by atoms with van der Waals surface area (Å²) in [7, 11) is -3.59. The van der Waals surface area contributed by atoms with E-state index in [4.69, 9.17) is 0 Å². The minimum Gasteiger partial charge on any atom is -0.337 e. The van der Waals surface area contributed by atoms with Crippen LogP contribution in [0.5, 0.6) is 0 Å². The van der Waals surface area contributed by atoms with E-state index in [0.29, 0.717) is 18.7 Å². The van der Waals surface area contributed by atoms with Crippen molar-refractivity contribution in [2.24, 2.45) is 0 Å². The standard InChI is InChI=1S/C15H23N3O3S.ClH/c1-12(2)17-22(20,21)14-6-3-5-13(11-14)15(19)18-9-4-7-16-8-10-18;/h3,5-6,11-12,16-17H,4,7-10H2,1-2H3;1H. The summed E-state index contributed by atoms with van der Waals surface area (Å²) >= 11 is 0. The van der Waals surface area contributed by atoms with Crippen LogP contribution in [0.1, 0.15) is 30.6 Å². The normalized spacial score (nSPS) is 15.9. The number of nitrogens with one attached hydrogen (secondary N) is 2. The van der Waals surface area contributed by atoms with Crippen LogP contribution in [0.4, 0.5) is 0 Å². The van der Waals surface area contributed by atoms with Gasteiger partial charge in [-0.2, -0.15) is 0 Å². The van der Waals surface area contributed by atoms with Crippen LogP contribution < -0.4 is 10.0 Å². The molecule has 0 aromatic heterocycles. The number of carbonyl (C=O) groups is 1. The van der Waals surface area contributed by atoms with Gasteiger partial charge in [-0.05, 0) is 45.0 Å². The van der Waals surface area contributed by atoms with Crippen LogP contribution in [0.15, 0.2) is 29.2 Å². The van der Waals surface area contributed by atoms with Gasteiger partial charge in [-0.15, -0.1) is 12.4 Å². The molecule has 1 aromatic rings. The average molecular weight is 362 g/mol. The molecule has 0 unspecified atom stereocenters. The van der Waals surface area contributed by atoms with E-state index < -0.39 is 10.0 Å². The van der Waals surface area contributed by atoms with Gasteiger partial charge in [0.1, 0.15) is 0 Å². The van der Waals surface area contributed by atoms with Crippen LogP contribution in [-0.4, -0.2) is 51.4 Å². The maximum Gasteiger partial charge on any atom is 0.253 e. The Kier molecular flexibility index (Phi) is 7.47. The van der Waals surface area contributed by atoms with E-state index in [2.05, 4.69) is 10.0 Å². The summed E-state index contributed by atoms with van der Waals surface area (Å²) in [6.07, 6.45) is 0.901. The van der Waals surface area contributed by atoms with Crippen molar-refractivity contribution in [3.05, 3.63) is 29.8 Å². The highest BCUT2D eigenvalue weighted by atomic mass is 35.5. The number of nitrogens with zero attached hydrogens (tertiary/aromatic N) is 1. The zero-order chi connectivity index (χ0) is 16.2. The highest BCUT2D eigenvalue weighted by Crippen LogP contribution is 2.14. The van der Waals surface area contributed by atoms with E-state index in [1.165, 1.54) is 12.1 Å². The van der Waals surface area contributed by atoms with Gasteiger partial charge in [-0.3, -0.25) is 4.79 Å². The Balaban J connectivity index is 0.00000264. The monoisotopic (exact) mass is 361 g/mol. The van der Waals surface area contributed by atoms with Crippen molar-refractivity contribution in [2.75, 3.05) is 26.2 Å². The SMILES string of the molecule is CC(C)NS(=O)(=O)c1cccc(C(=O)N2CCCNCC2)c1.Cl. The molecule has 1 aromatic carbocycles. The Labute approximate surface area is 144 Å². The third-order valence-corrected chi connectivity index (χ3v) is 5.07. The molecule has 130 valence electrons. The molecule has 1 fully saturated rings. The highest BCUT2D eigenvalue weighted by molar-refractivity contribution is 7.89. The summed E-state index contributed by atoms with van der Waals surface area (Å²) in [5.74, 6) is -0.120. The minimum absolute atomic E-state index is 0. The summed E-state index contributed by atoms with van der Waals surface area (Å²) in [6.45, 7) is 6.51. The van der Waals surface area contributed by atoms with Gasteiger partial charge in [-0.25, -0.2) is 13.1 Å². The lowest BCUT2D eigenvalue weighted by Gasteiger charge is -2.20. The van der Waals surface area contributed by atoms with Gasteiger partial charge in [0.05, 0.1) is 4.90 Å². The van der Waals surface area contributed by atoms with Crippen LogP contribution in [-0.2, 0) is 10.0 Å². The first-order valence-corrected chi connectivity index (χ1v) is 9.01. The van der Waals surface area contributed by atoms with Crippen LogP contribution in [0.2, 0.25) is 0 Å². The Morgan fingerprint density at radius 3 is 2.70 bits per heavy atom. The van der Waals surface area contributed by atoms with Gasteiger partial charge >= 0.3 is 0 Å². The number of carbonyl (C=O) groups excluding carboxylic acids is 1. The third kappa shape index (κ3) is 5.46. The van der Waals surface area contributed by atoms with Crippen molar-refractivity contribution in [1.29, 1.82) is 0 Å². The molecule has 6 nitrogen and oxygen atoms in total. The fourth-order valence-corrected chi connectivity index (χ4v) is 3.70. The smallest absolute Gasteiger partial charge is 0.253 e. The van der Waals surface area contributed by atoms with E-state index in [1.54, 1.807) is 30.9 Å². The molecule has 1 heterocycles. The predicted octanol–water partition coefficient (Wildman–Crippen LogP) is 1.23. The lowest BCUT2D eigenvalue weighted by molar-refractivity contribution is 0.0766. The Hall–Kier alpha value is -1.15. The van der Waals surface area contributed by atoms with Gasteiger partial charge in [0.15, 0.2) is 0 Å². The van der Waals surface area contributed by atoms with E-state index in [9.17, 15) is 13.2 Å². The number of amides is 1. The zero-order valence-corrected chi connectivity index (χ0v) is 15.0. The zero-order valence-electron chi connectivity index (χ0n) is 13.4. The van der Waals surface area contributed by atoms with Crippen LogP contribution >= 0.6 is 12.4 Å². The lowest BCUT2D eigenvalue weighted by atomic mass is 10.2. The molecule has 1 aliphatic rings. The summed E-state index contributed by atoms with van der Waals surface area (Å²) < 4.78 is 26.9. The molecule has 8 heteroatoms.